The van der Waals surface area contributed by atoms with Crippen molar-refractivity contribution in [2.75, 3.05) is 19.1 Å². The van der Waals surface area contributed by atoms with Gasteiger partial charge in [-0.2, -0.15) is 5.10 Å². The van der Waals surface area contributed by atoms with Gasteiger partial charge in [0.2, 0.25) is 10.0 Å². The minimum absolute atomic E-state index is 0.0448. The molecule has 0 saturated heterocycles. The Bertz CT molecular complexity index is 884. The van der Waals surface area contributed by atoms with E-state index in [1.807, 2.05) is 19.1 Å². The van der Waals surface area contributed by atoms with Gasteiger partial charge in [-0.3, -0.25) is 5.43 Å². The van der Waals surface area contributed by atoms with Crippen LogP contribution >= 0.6 is 15.9 Å². The zero-order valence-corrected chi connectivity index (χ0v) is 16.8. The Hall–Kier alpha value is -2.10. The maximum atomic E-state index is 11.2. The zero-order chi connectivity index (χ0) is 19.2. The van der Waals surface area contributed by atoms with E-state index < -0.39 is 10.0 Å². The first-order chi connectivity index (χ1) is 12.3. The molecule has 9 heteroatoms. The van der Waals surface area contributed by atoms with E-state index in [0.29, 0.717) is 23.8 Å². The van der Waals surface area contributed by atoms with Crippen LogP contribution in [0.25, 0.3) is 0 Å². The minimum atomic E-state index is -3.70. The lowest BCUT2D eigenvalue weighted by Crippen LogP contribution is -2.11. The molecule has 0 unspecified atom stereocenters. The molecule has 2 aromatic rings. The fourth-order valence-corrected chi connectivity index (χ4v) is 3.15. The molecule has 26 heavy (non-hydrogen) atoms. The number of nitrogens with one attached hydrogen (secondary N) is 1. The maximum Gasteiger partial charge on any atom is 0.238 e. The van der Waals surface area contributed by atoms with E-state index in [-0.39, 0.29) is 4.90 Å². The lowest BCUT2D eigenvalue weighted by molar-refractivity contribution is 0.292. The monoisotopic (exact) mass is 441 g/mol. The van der Waals surface area contributed by atoms with E-state index in [4.69, 9.17) is 14.6 Å². The van der Waals surface area contributed by atoms with Gasteiger partial charge in [0.1, 0.15) is 0 Å². The molecule has 0 aromatic heterocycles. The van der Waals surface area contributed by atoms with E-state index >= 15 is 0 Å². The smallest absolute Gasteiger partial charge is 0.238 e. The number of primary sulfonamides is 1. The third-order valence-corrected chi connectivity index (χ3v) is 4.81. The second-order valence-electron chi connectivity index (χ2n) is 5.32. The summed E-state index contributed by atoms with van der Waals surface area (Å²) in [6.07, 6.45) is 2.51. The van der Waals surface area contributed by atoms with Crippen LogP contribution in [0.15, 0.2) is 50.9 Å². The number of ether oxygens (including phenoxy) is 2. The van der Waals surface area contributed by atoms with Gasteiger partial charge < -0.3 is 9.47 Å². The van der Waals surface area contributed by atoms with Gasteiger partial charge in [0, 0.05) is 0 Å². The van der Waals surface area contributed by atoms with Gasteiger partial charge in [-0.1, -0.05) is 6.92 Å². The van der Waals surface area contributed by atoms with E-state index in [9.17, 15) is 8.42 Å². The molecule has 2 aromatic carbocycles. The summed E-state index contributed by atoms with van der Waals surface area (Å²) < 4.78 is 34.3. The summed E-state index contributed by atoms with van der Waals surface area (Å²) in [5.74, 6) is 1.25. The average Bonchev–Trinajstić information content (AvgIpc) is 2.60. The van der Waals surface area contributed by atoms with E-state index in [0.717, 1.165) is 16.5 Å². The van der Waals surface area contributed by atoms with Gasteiger partial charge in [-0.25, -0.2) is 13.6 Å². The molecule has 0 aliphatic rings. The number of benzene rings is 2. The summed E-state index contributed by atoms with van der Waals surface area (Å²) >= 11 is 3.48. The van der Waals surface area contributed by atoms with Crippen LogP contribution in [-0.4, -0.2) is 28.3 Å². The molecule has 0 saturated carbocycles. The van der Waals surface area contributed by atoms with Crippen LogP contribution in [0.5, 0.6) is 11.5 Å². The third kappa shape index (κ3) is 5.45. The van der Waals surface area contributed by atoms with Gasteiger partial charge >= 0.3 is 0 Å². The molecule has 0 amide bonds. The van der Waals surface area contributed by atoms with Gasteiger partial charge in [-0.15, -0.1) is 0 Å². The second-order valence-corrected chi connectivity index (χ2v) is 7.74. The lowest BCUT2D eigenvalue weighted by atomic mass is 10.2. The molecule has 0 atom stereocenters. The second kappa shape index (κ2) is 9.02. The molecular weight excluding hydrogens is 422 g/mol. The van der Waals surface area contributed by atoms with Crippen molar-refractivity contribution in [3.63, 3.8) is 0 Å². The van der Waals surface area contributed by atoms with Crippen molar-refractivity contribution >= 4 is 37.9 Å². The predicted molar refractivity (Wildman–Crippen MR) is 106 cm³/mol. The highest BCUT2D eigenvalue weighted by atomic mass is 79.9. The Labute approximate surface area is 161 Å². The zero-order valence-electron chi connectivity index (χ0n) is 14.4. The standard InChI is InChI=1S/C17H20BrN3O4S/c1-3-8-25-17-15(18)9-12(10-16(17)24-2)11-20-21-13-4-6-14(7-5-13)26(19,22)23/h4-7,9-11,21H,3,8H2,1-2H3,(H2,19,22,23)/b20-11+. The Morgan fingerprint density at radius 2 is 1.96 bits per heavy atom. The fourth-order valence-electron chi connectivity index (χ4n) is 2.06. The quantitative estimate of drug-likeness (QED) is 0.482. The Morgan fingerprint density at radius 1 is 1.27 bits per heavy atom. The third-order valence-electron chi connectivity index (χ3n) is 3.29. The van der Waals surface area contributed by atoms with Gasteiger partial charge in [-0.05, 0) is 64.3 Å². The van der Waals surface area contributed by atoms with Crippen molar-refractivity contribution < 1.29 is 17.9 Å². The number of hydrazone groups is 1. The number of hydrogen-bond acceptors (Lipinski definition) is 6. The Balaban J connectivity index is 2.11. The summed E-state index contributed by atoms with van der Waals surface area (Å²) in [5.41, 5.74) is 4.25. The van der Waals surface area contributed by atoms with Crippen molar-refractivity contribution in [2.24, 2.45) is 10.2 Å². The van der Waals surface area contributed by atoms with Crippen LogP contribution in [0.4, 0.5) is 5.69 Å². The van der Waals surface area contributed by atoms with Crippen LogP contribution in [-0.2, 0) is 10.0 Å². The SMILES string of the molecule is CCCOc1c(Br)cc(/C=N/Nc2ccc(S(N)(=O)=O)cc2)cc1OC. The molecule has 0 heterocycles. The van der Waals surface area contributed by atoms with Crippen molar-refractivity contribution in [3.8, 4) is 11.5 Å². The van der Waals surface area contributed by atoms with Gasteiger partial charge in [0.05, 0.1) is 35.0 Å². The molecule has 0 spiro atoms. The molecule has 0 bridgehead atoms. The highest BCUT2D eigenvalue weighted by Crippen LogP contribution is 2.36. The van der Waals surface area contributed by atoms with Crippen molar-refractivity contribution in [1.29, 1.82) is 0 Å². The van der Waals surface area contributed by atoms with Crippen molar-refractivity contribution in [1.82, 2.24) is 0 Å². The molecule has 0 fully saturated rings. The number of halogens is 1. The van der Waals surface area contributed by atoms with Crippen LogP contribution in [0.3, 0.4) is 0 Å². The van der Waals surface area contributed by atoms with Crippen molar-refractivity contribution in [3.05, 3.63) is 46.4 Å². The number of nitrogens with zero attached hydrogens (tertiary/aromatic N) is 1. The van der Waals surface area contributed by atoms with Crippen LogP contribution in [0, 0.1) is 0 Å². The highest BCUT2D eigenvalue weighted by Gasteiger charge is 2.11. The summed E-state index contributed by atoms with van der Waals surface area (Å²) in [6.45, 7) is 2.63. The molecule has 140 valence electrons. The predicted octanol–water partition coefficient (Wildman–Crippen LogP) is 3.34. The number of anilines is 1. The van der Waals surface area contributed by atoms with Crippen LogP contribution < -0.4 is 20.0 Å². The largest absolute Gasteiger partial charge is 0.493 e. The lowest BCUT2D eigenvalue weighted by Gasteiger charge is -2.12. The van der Waals surface area contributed by atoms with Crippen LogP contribution in [0.2, 0.25) is 0 Å². The molecule has 2 rings (SSSR count). The number of rotatable bonds is 8. The molecular formula is C17H20BrN3O4S. The minimum Gasteiger partial charge on any atom is -0.493 e. The average molecular weight is 442 g/mol. The maximum absolute atomic E-state index is 11.2. The topological polar surface area (TPSA) is 103 Å². The summed E-state index contributed by atoms with van der Waals surface area (Å²) in [6, 6.07) is 9.65. The molecule has 0 aliphatic heterocycles. The number of sulfonamides is 1. The molecule has 7 nitrogen and oxygen atoms in total. The summed E-state index contributed by atoms with van der Waals surface area (Å²) in [4.78, 5) is 0.0448. The first-order valence-corrected chi connectivity index (χ1v) is 10.1. The highest BCUT2D eigenvalue weighted by molar-refractivity contribution is 9.10. The van der Waals surface area contributed by atoms with Gasteiger partial charge in [0.25, 0.3) is 0 Å². The summed E-state index contributed by atoms with van der Waals surface area (Å²) in [7, 11) is -2.13. The van der Waals surface area contributed by atoms with Crippen molar-refractivity contribution in [2.45, 2.75) is 18.2 Å². The van der Waals surface area contributed by atoms with E-state index in [2.05, 4.69) is 26.5 Å². The Kier molecular flexibility index (Phi) is 7.01. The number of nitrogens with two attached hydrogens (primary N) is 1. The number of hydrogen-bond donors (Lipinski definition) is 2. The normalized spacial score (nSPS) is 11.5. The van der Waals surface area contributed by atoms with E-state index in [1.165, 1.54) is 12.1 Å². The molecule has 0 radical (unpaired) electrons. The molecule has 0 aliphatic carbocycles. The first kappa shape index (κ1) is 20.2. The summed E-state index contributed by atoms with van der Waals surface area (Å²) in [5, 5.41) is 9.20. The number of methoxy groups -OCH3 is 1. The molecule has 3 N–H and O–H groups in total. The fraction of sp³-hybridized carbons (Fsp3) is 0.235. The van der Waals surface area contributed by atoms with Crippen LogP contribution in [0.1, 0.15) is 18.9 Å². The van der Waals surface area contributed by atoms with E-state index in [1.54, 1.807) is 25.5 Å². The van der Waals surface area contributed by atoms with Gasteiger partial charge in [0.15, 0.2) is 11.5 Å². The Morgan fingerprint density at radius 3 is 2.54 bits per heavy atom. The first-order valence-electron chi connectivity index (χ1n) is 7.77.